The average molecular weight is 366 g/mol. The Balaban J connectivity index is -0.000000300. The summed E-state index contributed by atoms with van der Waals surface area (Å²) in [5, 5.41) is 24.4. The monoisotopic (exact) mass is 366 g/mol. The molecule has 0 aromatic heterocycles. The molecule has 25 heavy (non-hydrogen) atoms. The number of aliphatic hydroxyl groups excluding tert-OH is 2. The van der Waals surface area contributed by atoms with Crippen molar-refractivity contribution in [2.75, 3.05) is 52.9 Å². The summed E-state index contributed by atoms with van der Waals surface area (Å²) in [6.45, 7) is 12.6. The highest BCUT2D eigenvalue weighted by Gasteiger charge is 1.90. The smallest absolute Gasteiger partial charge is 0.330 e. The van der Waals surface area contributed by atoms with Crippen LogP contribution in [0.3, 0.4) is 0 Å². The minimum absolute atomic E-state index is 0.0417. The number of ether oxygens (including phenoxy) is 3. The molecule has 0 aromatic rings. The number of hydrogen-bond donors (Lipinski definition) is 3. The highest BCUT2D eigenvalue weighted by Crippen LogP contribution is 1.91. The third-order valence-electron chi connectivity index (χ3n) is 2.49. The van der Waals surface area contributed by atoms with Gasteiger partial charge in [0.2, 0.25) is 0 Å². The van der Waals surface area contributed by atoms with E-state index < -0.39 is 5.97 Å². The maximum atomic E-state index is 9.60. The van der Waals surface area contributed by atoms with E-state index in [0.717, 1.165) is 13.2 Å². The summed E-state index contributed by atoms with van der Waals surface area (Å²) in [4.78, 5) is 9.60. The third-order valence-corrected chi connectivity index (χ3v) is 2.49. The van der Waals surface area contributed by atoms with Gasteiger partial charge >= 0.3 is 5.97 Å². The summed E-state index contributed by atoms with van der Waals surface area (Å²) in [6, 6.07) is 0. The molecule has 0 saturated heterocycles. The molecule has 0 radical (unpaired) electrons. The van der Waals surface area contributed by atoms with Crippen LogP contribution in [0.15, 0.2) is 12.2 Å². The lowest BCUT2D eigenvalue weighted by Crippen LogP contribution is -2.09. The molecule has 0 aliphatic rings. The van der Waals surface area contributed by atoms with Crippen LogP contribution in [0.25, 0.3) is 0 Å². The minimum atomic E-state index is -0.935. The van der Waals surface area contributed by atoms with E-state index in [1.807, 2.05) is 0 Å². The zero-order valence-electron chi connectivity index (χ0n) is 16.2. The first-order valence-corrected chi connectivity index (χ1v) is 8.81. The lowest BCUT2D eigenvalue weighted by Gasteiger charge is -2.01. The van der Waals surface area contributed by atoms with Crippen LogP contribution in [0, 0.1) is 0 Å². The van der Waals surface area contributed by atoms with Gasteiger partial charge in [0.1, 0.15) is 0 Å². The van der Waals surface area contributed by atoms with E-state index in [4.69, 9.17) is 29.5 Å². The Labute approximate surface area is 152 Å². The summed E-state index contributed by atoms with van der Waals surface area (Å²) < 4.78 is 15.1. The largest absolute Gasteiger partial charge is 0.478 e. The second kappa shape index (κ2) is 27.8. The molecule has 0 bridgehead atoms. The molecular formula is C18H38O7. The molecule has 0 rings (SSSR count). The van der Waals surface area contributed by atoms with Crippen LogP contribution < -0.4 is 0 Å². The van der Waals surface area contributed by atoms with Crippen molar-refractivity contribution in [3.8, 4) is 0 Å². The molecule has 0 atom stereocenters. The standard InChI is InChI=1S/C8H18O.C6H14O4.C4H6O2/c1-3-5-7-9-8-6-4-2;7-1-3-9-5-6-10-4-2-8;1-3(2)4(5)6/h3-8H2,1-2H3;7-8H,1-6H2;1H2,2H3,(H,5,6). The zero-order chi connectivity index (χ0) is 19.8. The normalized spacial score (nSPS) is 9.48. The first-order chi connectivity index (χ1) is 12.0. The lowest BCUT2D eigenvalue weighted by atomic mass is 10.3. The van der Waals surface area contributed by atoms with E-state index in [2.05, 4.69) is 20.4 Å². The fraction of sp³-hybridized carbons (Fsp3) is 0.833. The summed E-state index contributed by atoms with van der Waals surface area (Å²) >= 11 is 0. The van der Waals surface area contributed by atoms with Crippen molar-refractivity contribution in [1.82, 2.24) is 0 Å². The van der Waals surface area contributed by atoms with Crippen LogP contribution >= 0.6 is 0 Å². The molecule has 0 aliphatic carbocycles. The van der Waals surface area contributed by atoms with Crippen molar-refractivity contribution in [2.45, 2.75) is 46.5 Å². The van der Waals surface area contributed by atoms with Crippen LogP contribution in [0.1, 0.15) is 46.5 Å². The van der Waals surface area contributed by atoms with Gasteiger partial charge in [-0.15, -0.1) is 0 Å². The van der Waals surface area contributed by atoms with Gasteiger partial charge in [-0.3, -0.25) is 0 Å². The van der Waals surface area contributed by atoms with Gasteiger partial charge in [-0.2, -0.15) is 0 Å². The van der Waals surface area contributed by atoms with Crippen LogP contribution in [0.4, 0.5) is 0 Å². The fourth-order valence-corrected chi connectivity index (χ4v) is 1.05. The minimum Gasteiger partial charge on any atom is -0.478 e. The van der Waals surface area contributed by atoms with Crippen molar-refractivity contribution in [3.63, 3.8) is 0 Å². The van der Waals surface area contributed by atoms with Gasteiger partial charge in [-0.05, 0) is 19.8 Å². The maximum Gasteiger partial charge on any atom is 0.330 e. The molecule has 0 saturated carbocycles. The second-order valence-corrected chi connectivity index (χ2v) is 5.08. The summed E-state index contributed by atoms with van der Waals surface area (Å²) in [6.07, 6.45) is 4.91. The highest BCUT2D eigenvalue weighted by atomic mass is 16.5. The van der Waals surface area contributed by atoms with Gasteiger partial charge in [0, 0.05) is 18.8 Å². The molecule has 152 valence electrons. The van der Waals surface area contributed by atoms with E-state index >= 15 is 0 Å². The number of carboxylic acid groups (broad SMARTS) is 1. The van der Waals surface area contributed by atoms with E-state index in [9.17, 15) is 4.79 Å². The molecule has 7 nitrogen and oxygen atoms in total. The first-order valence-electron chi connectivity index (χ1n) is 8.81. The van der Waals surface area contributed by atoms with Crippen molar-refractivity contribution in [3.05, 3.63) is 12.2 Å². The summed E-state index contributed by atoms with van der Waals surface area (Å²) in [5.41, 5.74) is 0.176. The lowest BCUT2D eigenvalue weighted by molar-refractivity contribution is -0.132. The molecule has 0 heterocycles. The van der Waals surface area contributed by atoms with Crippen LogP contribution in [-0.2, 0) is 19.0 Å². The summed E-state index contributed by atoms with van der Waals surface area (Å²) in [5.74, 6) is -0.935. The van der Waals surface area contributed by atoms with E-state index in [0.29, 0.717) is 26.4 Å². The van der Waals surface area contributed by atoms with Gasteiger partial charge < -0.3 is 29.5 Å². The number of hydrogen-bond acceptors (Lipinski definition) is 6. The van der Waals surface area contributed by atoms with Gasteiger partial charge in [0.05, 0.1) is 39.6 Å². The van der Waals surface area contributed by atoms with Gasteiger partial charge in [0.25, 0.3) is 0 Å². The molecule has 0 aliphatic heterocycles. The number of rotatable bonds is 14. The Morgan fingerprint density at radius 1 is 0.800 bits per heavy atom. The third kappa shape index (κ3) is 39.6. The Hall–Kier alpha value is -0.990. The van der Waals surface area contributed by atoms with Crippen molar-refractivity contribution in [2.24, 2.45) is 0 Å². The number of carboxylic acids is 1. The number of aliphatic hydroxyl groups is 2. The SMILES string of the molecule is C=C(C)C(=O)O.CCCCOCCCC.OCCOCCOCCO. The first kappa shape index (κ1) is 28.8. The molecular weight excluding hydrogens is 328 g/mol. The second-order valence-electron chi connectivity index (χ2n) is 5.08. The van der Waals surface area contributed by atoms with Gasteiger partial charge in [0.15, 0.2) is 0 Å². The van der Waals surface area contributed by atoms with E-state index in [1.165, 1.54) is 32.6 Å². The molecule has 0 spiro atoms. The van der Waals surface area contributed by atoms with Gasteiger partial charge in [-0.1, -0.05) is 33.3 Å². The Morgan fingerprint density at radius 3 is 1.36 bits per heavy atom. The molecule has 7 heteroatoms. The average Bonchev–Trinajstić information content (AvgIpc) is 2.59. The topological polar surface area (TPSA) is 105 Å². The Kier molecular flexibility index (Phi) is 32.1. The van der Waals surface area contributed by atoms with Crippen LogP contribution in [0.2, 0.25) is 0 Å². The zero-order valence-corrected chi connectivity index (χ0v) is 16.2. The molecule has 0 aromatic carbocycles. The predicted molar refractivity (Wildman–Crippen MR) is 98.9 cm³/mol. The van der Waals surface area contributed by atoms with Crippen molar-refractivity contribution >= 4 is 5.97 Å². The quantitative estimate of drug-likeness (QED) is 0.320. The Bertz CT molecular complexity index is 244. The van der Waals surface area contributed by atoms with E-state index in [1.54, 1.807) is 0 Å². The fourth-order valence-electron chi connectivity index (χ4n) is 1.05. The van der Waals surface area contributed by atoms with E-state index in [-0.39, 0.29) is 18.8 Å². The van der Waals surface area contributed by atoms with Crippen LogP contribution in [0.5, 0.6) is 0 Å². The van der Waals surface area contributed by atoms with Crippen molar-refractivity contribution < 1.29 is 34.3 Å². The highest BCUT2D eigenvalue weighted by molar-refractivity contribution is 5.84. The van der Waals surface area contributed by atoms with Crippen LogP contribution in [-0.4, -0.2) is 74.1 Å². The maximum absolute atomic E-state index is 9.60. The number of unbranched alkanes of at least 4 members (excludes halogenated alkanes) is 2. The summed E-state index contributed by atoms with van der Waals surface area (Å²) in [7, 11) is 0. The van der Waals surface area contributed by atoms with Crippen molar-refractivity contribution in [1.29, 1.82) is 0 Å². The molecule has 0 unspecified atom stereocenters. The number of aliphatic carboxylic acids is 1. The molecule has 3 N–H and O–H groups in total. The Morgan fingerprint density at radius 2 is 1.12 bits per heavy atom. The predicted octanol–water partition coefficient (Wildman–Crippen LogP) is 2.25. The molecule has 0 amide bonds. The number of carbonyl (C=O) groups is 1. The van der Waals surface area contributed by atoms with Gasteiger partial charge in [-0.25, -0.2) is 4.79 Å². The molecule has 0 fully saturated rings.